The molecule has 2 aromatic rings. The van der Waals surface area contributed by atoms with Crippen LogP contribution in [-0.2, 0) is 0 Å². The van der Waals surface area contributed by atoms with Crippen molar-refractivity contribution in [1.29, 1.82) is 0 Å². The lowest BCUT2D eigenvalue weighted by atomic mass is 10.2. The Balaban J connectivity index is 2.17. The zero-order valence-corrected chi connectivity index (χ0v) is 10.1. The van der Waals surface area contributed by atoms with E-state index in [2.05, 4.69) is 30.9 Å². The van der Waals surface area contributed by atoms with Gasteiger partial charge in [0, 0.05) is 10.4 Å². The second-order valence-electron chi connectivity index (χ2n) is 3.39. The number of hydrogen-bond donors (Lipinski definition) is 0. The van der Waals surface area contributed by atoms with Crippen LogP contribution in [0.1, 0.15) is 15.3 Å². The summed E-state index contributed by atoms with van der Waals surface area (Å²) in [6.45, 7) is 2.09. The number of hydrogen-bond acceptors (Lipinski definition) is 2. The van der Waals surface area contributed by atoms with Gasteiger partial charge in [-0.3, -0.25) is 0 Å². The van der Waals surface area contributed by atoms with Gasteiger partial charge in [0.05, 0.1) is 12.0 Å². The fourth-order valence-electron chi connectivity index (χ4n) is 1.31. The first-order chi connectivity index (χ1) is 7.78. The molecule has 0 aliphatic heterocycles. The van der Waals surface area contributed by atoms with E-state index in [0.29, 0.717) is 0 Å². The van der Waals surface area contributed by atoms with E-state index in [9.17, 15) is 0 Å². The summed E-state index contributed by atoms with van der Waals surface area (Å²) in [7, 11) is 1.66. The first-order valence-corrected chi connectivity index (χ1v) is 5.82. The van der Waals surface area contributed by atoms with Gasteiger partial charge in [0.1, 0.15) is 5.75 Å². The molecule has 0 N–H and O–H groups in total. The van der Waals surface area contributed by atoms with Crippen LogP contribution in [0.3, 0.4) is 0 Å². The molecule has 0 aliphatic carbocycles. The summed E-state index contributed by atoms with van der Waals surface area (Å²) in [5, 5.41) is 0. The lowest BCUT2D eigenvalue weighted by Gasteiger charge is -1.97. The Morgan fingerprint density at radius 2 is 1.75 bits per heavy atom. The molecule has 0 saturated heterocycles. The molecule has 0 unspecified atom stereocenters. The SMILES string of the molecule is COc1ccc(C#Cc2ccc(C)s2)cc1. The van der Waals surface area contributed by atoms with Crippen LogP contribution >= 0.6 is 11.3 Å². The molecule has 80 valence electrons. The molecule has 0 spiro atoms. The number of aryl methyl sites for hydroxylation is 1. The lowest BCUT2D eigenvalue weighted by Crippen LogP contribution is -1.81. The van der Waals surface area contributed by atoms with Crippen LogP contribution in [0.5, 0.6) is 5.75 Å². The van der Waals surface area contributed by atoms with E-state index < -0.39 is 0 Å². The largest absolute Gasteiger partial charge is 0.497 e. The molecule has 0 radical (unpaired) electrons. The van der Waals surface area contributed by atoms with E-state index in [1.165, 1.54) is 4.88 Å². The average molecular weight is 228 g/mol. The van der Waals surface area contributed by atoms with Gasteiger partial charge >= 0.3 is 0 Å². The Labute approximate surface area is 99.7 Å². The zero-order chi connectivity index (χ0) is 11.4. The maximum Gasteiger partial charge on any atom is 0.118 e. The molecular weight excluding hydrogens is 216 g/mol. The van der Waals surface area contributed by atoms with Crippen molar-refractivity contribution in [3.8, 4) is 17.6 Å². The Hall–Kier alpha value is -1.72. The summed E-state index contributed by atoms with van der Waals surface area (Å²) in [6.07, 6.45) is 0. The summed E-state index contributed by atoms with van der Waals surface area (Å²) >= 11 is 1.72. The molecule has 1 nitrogen and oxygen atoms in total. The van der Waals surface area contributed by atoms with Crippen LogP contribution in [0, 0.1) is 18.8 Å². The van der Waals surface area contributed by atoms with Gasteiger partial charge in [0.25, 0.3) is 0 Å². The minimum Gasteiger partial charge on any atom is -0.497 e. The predicted octanol–water partition coefficient (Wildman–Crippen LogP) is 3.46. The van der Waals surface area contributed by atoms with E-state index in [1.807, 2.05) is 24.3 Å². The normalized spacial score (nSPS) is 9.38. The highest BCUT2D eigenvalue weighted by Crippen LogP contribution is 2.14. The van der Waals surface area contributed by atoms with Crippen LogP contribution in [0.4, 0.5) is 0 Å². The maximum absolute atomic E-state index is 5.09. The average Bonchev–Trinajstić information content (AvgIpc) is 2.73. The van der Waals surface area contributed by atoms with Crippen molar-refractivity contribution < 1.29 is 4.74 Å². The van der Waals surface area contributed by atoms with Gasteiger partial charge in [-0.1, -0.05) is 11.8 Å². The highest BCUT2D eigenvalue weighted by molar-refractivity contribution is 7.12. The Bertz CT molecular complexity index is 526. The van der Waals surface area contributed by atoms with Crippen molar-refractivity contribution in [2.45, 2.75) is 6.92 Å². The van der Waals surface area contributed by atoms with E-state index in [-0.39, 0.29) is 0 Å². The molecule has 0 aliphatic rings. The standard InChI is InChI=1S/C14H12OS/c1-11-3-9-14(16-11)10-6-12-4-7-13(15-2)8-5-12/h3-5,7-9H,1-2H3. The summed E-state index contributed by atoms with van der Waals surface area (Å²) in [6, 6.07) is 11.9. The van der Waals surface area contributed by atoms with Gasteiger partial charge in [-0.15, -0.1) is 11.3 Å². The maximum atomic E-state index is 5.09. The van der Waals surface area contributed by atoms with E-state index >= 15 is 0 Å². The Kier molecular flexibility index (Phi) is 3.28. The fraction of sp³-hybridized carbons (Fsp3) is 0.143. The van der Waals surface area contributed by atoms with Gasteiger partial charge in [0.2, 0.25) is 0 Å². The highest BCUT2D eigenvalue weighted by atomic mass is 32.1. The topological polar surface area (TPSA) is 9.23 Å². The van der Waals surface area contributed by atoms with Gasteiger partial charge in [-0.2, -0.15) is 0 Å². The molecule has 1 aromatic carbocycles. The van der Waals surface area contributed by atoms with Crippen molar-refractivity contribution in [1.82, 2.24) is 0 Å². The van der Waals surface area contributed by atoms with Gasteiger partial charge < -0.3 is 4.74 Å². The molecule has 0 atom stereocenters. The van der Waals surface area contributed by atoms with Crippen LogP contribution in [0.25, 0.3) is 0 Å². The highest BCUT2D eigenvalue weighted by Gasteiger charge is 1.92. The van der Waals surface area contributed by atoms with Crippen molar-refractivity contribution in [2.24, 2.45) is 0 Å². The number of rotatable bonds is 1. The van der Waals surface area contributed by atoms with Gasteiger partial charge in [-0.05, 0) is 43.3 Å². The van der Waals surface area contributed by atoms with Crippen LogP contribution < -0.4 is 4.74 Å². The monoisotopic (exact) mass is 228 g/mol. The third kappa shape index (κ3) is 2.65. The zero-order valence-electron chi connectivity index (χ0n) is 9.28. The van der Waals surface area contributed by atoms with Crippen molar-refractivity contribution in [3.05, 3.63) is 51.7 Å². The minimum absolute atomic E-state index is 0.859. The molecular formula is C14H12OS. The van der Waals surface area contributed by atoms with Crippen LogP contribution in [0.15, 0.2) is 36.4 Å². The molecule has 16 heavy (non-hydrogen) atoms. The summed E-state index contributed by atoms with van der Waals surface area (Å²) < 4.78 is 5.09. The summed E-state index contributed by atoms with van der Waals surface area (Å²) in [4.78, 5) is 2.40. The minimum atomic E-state index is 0.859. The van der Waals surface area contributed by atoms with Crippen LogP contribution in [-0.4, -0.2) is 7.11 Å². The molecule has 0 bridgehead atoms. The molecule has 1 aromatic heterocycles. The Morgan fingerprint density at radius 3 is 2.31 bits per heavy atom. The van der Waals surface area contributed by atoms with Crippen molar-refractivity contribution >= 4 is 11.3 Å². The van der Waals surface area contributed by atoms with Crippen LogP contribution in [0.2, 0.25) is 0 Å². The third-order valence-electron chi connectivity index (χ3n) is 2.16. The van der Waals surface area contributed by atoms with Gasteiger partial charge in [0.15, 0.2) is 0 Å². The second kappa shape index (κ2) is 4.87. The number of benzene rings is 1. The number of thiophene rings is 1. The van der Waals surface area contributed by atoms with E-state index in [1.54, 1.807) is 18.4 Å². The summed E-state index contributed by atoms with van der Waals surface area (Å²) in [5.41, 5.74) is 1.01. The quantitative estimate of drug-likeness (QED) is 0.679. The molecule has 2 rings (SSSR count). The third-order valence-corrected chi connectivity index (χ3v) is 3.08. The first-order valence-electron chi connectivity index (χ1n) is 5.00. The molecule has 1 heterocycles. The molecule has 2 heteroatoms. The lowest BCUT2D eigenvalue weighted by molar-refractivity contribution is 0.415. The van der Waals surface area contributed by atoms with E-state index in [4.69, 9.17) is 4.74 Å². The smallest absolute Gasteiger partial charge is 0.118 e. The Morgan fingerprint density at radius 1 is 1.00 bits per heavy atom. The van der Waals surface area contributed by atoms with E-state index in [0.717, 1.165) is 16.2 Å². The number of methoxy groups -OCH3 is 1. The predicted molar refractivity (Wildman–Crippen MR) is 68.0 cm³/mol. The molecule has 0 amide bonds. The van der Waals surface area contributed by atoms with Gasteiger partial charge in [-0.25, -0.2) is 0 Å². The molecule has 0 saturated carbocycles. The summed E-state index contributed by atoms with van der Waals surface area (Å²) in [5.74, 6) is 7.14. The fourth-order valence-corrected chi connectivity index (χ4v) is 2.03. The first kappa shape index (κ1) is 10.8. The van der Waals surface area contributed by atoms with Crippen molar-refractivity contribution in [3.63, 3.8) is 0 Å². The van der Waals surface area contributed by atoms with Crippen molar-refractivity contribution in [2.75, 3.05) is 7.11 Å². The molecule has 0 fully saturated rings. The second-order valence-corrected chi connectivity index (χ2v) is 4.68. The number of ether oxygens (including phenoxy) is 1.